The first-order chi connectivity index (χ1) is 13.1. The second-order valence-electron chi connectivity index (χ2n) is 6.04. The van der Waals surface area contributed by atoms with Crippen LogP contribution in [0.15, 0.2) is 70.6 Å². The van der Waals surface area contributed by atoms with E-state index in [0.29, 0.717) is 16.4 Å². The fourth-order valence-corrected chi connectivity index (χ4v) is 4.66. The van der Waals surface area contributed by atoms with Crippen LogP contribution < -0.4 is 0 Å². The van der Waals surface area contributed by atoms with Crippen molar-refractivity contribution in [1.29, 1.82) is 0 Å². The van der Waals surface area contributed by atoms with E-state index in [9.17, 15) is 14.7 Å². The van der Waals surface area contributed by atoms with Gasteiger partial charge in [-0.05, 0) is 40.6 Å². The number of Topliss-reactive ketones (excluding diaryl/α,β-unsaturated/α-hetero) is 1. The third-order valence-corrected chi connectivity index (χ3v) is 6.37. The van der Waals surface area contributed by atoms with Gasteiger partial charge in [0.05, 0.1) is 23.0 Å². The second-order valence-corrected chi connectivity index (χ2v) is 8.45. The van der Waals surface area contributed by atoms with Crippen molar-refractivity contribution in [2.24, 2.45) is 0 Å². The molecule has 7 heteroatoms. The maximum absolute atomic E-state index is 13.1. The quantitative estimate of drug-likeness (QED) is 0.579. The van der Waals surface area contributed by atoms with Crippen molar-refractivity contribution in [2.75, 3.05) is 0 Å². The summed E-state index contributed by atoms with van der Waals surface area (Å²) in [6, 6.07) is 13.6. The van der Waals surface area contributed by atoms with Crippen molar-refractivity contribution >= 4 is 46.0 Å². The van der Waals surface area contributed by atoms with Crippen molar-refractivity contribution in [1.82, 2.24) is 4.90 Å². The van der Waals surface area contributed by atoms with Gasteiger partial charge in [0.1, 0.15) is 0 Å². The van der Waals surface area contributed by atoms with E-state index >= 15 is 0 Å². The molecule has 3 heterocycles. The van der Waals surface area contributed by atoms with Crippen LogP contribution in [0.5, 0.6) is 0 Å². The van der Waals surface area contributed by atoms with E-state index in [1.54, 1.807) is 41.8 Å². The van der Waals surface area contributed by atoms with E-state index in [0.717, 1.165) is 10.4 Å². The minimum absolute atomic E-state index is 0.112. The zero-order valence-electron chi connectivity index (χ0n) is 14.0. The van der Waals surface area contributed by atoms with Gasteiger partial charge < -0.3 is 10.0 Å². The molecule has 1 atom stereocenters. The molecule has 0 aliphatic carbocycles. The molecule has 0 saturated heterocycles. The van der Waals surface area contributed by atoms with E-state index in [4.69, 9.17) is 11.6 Å². The number of carbonyl (C=O) groups excluding carboxylic acids is 2. The number of carbonyl (C=O) groups is 2. The number of ketones is 1. The van der Waals surface area contributed by atoms with Crippen molar-refractivity contribution in [2.45, 2.75) is 12.6 Å². The second kappa shape index (κ2) is 7.31. The Morgan fingerprint density at radius 2 is 1.78 bits per heavy atom. The van der Waals surface area contributed by atoms with E-state index in [1.165, 1.54) is 27.6 Å². The van der Waals surface area contributed by atoms with Crippen LogP contribution in [0, 0.1) is 0 Å². The molecule has 3 aromatic rings. The lowest BCUT2D eigenvalue weighted by molar-refractivity contribution is -0.130. The molecule has 1 aromatic carbocycles. The number of amides is 1. The Labute approximate surface area is 169 Å². The van der Waals surface area contributed by atoms with E-state index in [2.05, 4.69) is 0 Å². The van der Waals surface area contributed by atoms with Crippen LogP contribution >= 0.6 is 34.3 Å². The third-order valence-electron chi connectivity index (χ3n) is 4.39. The number of aliphatic hydroxyl groups is 1. The Bertz CT molecular complexity index is 1010. The topological polar surface area (TPSA) is 57.6 Å². The van der Waals surface area contributed by atoms with E-state index in [-0.39, 0.29) is 11.4 Å². The fourth-order valence-electron chi connectivity index (χ4n) is 3.15. The molecular weight excluding hydrogens is 402 g/mol. The van der Waals surface area contributed by atoms with Gasteiger partial charge in [0.25, 0.3) is 5.91 Å². The normalized spacial score (nSPS) is 17.0. The molecule has 0 spiro atoms. The Morgan fingerprint density at radius 3 is 2.41 bits per heavy atom. The predicted octanol–water partition coefficient (Wildman–Crippen LogP) is 5.24. The zero-order chi connectivity index (χ0) is 19.0. The summed E-state index contributed by atoms with van der Waals surface area (Å²) in [6.45, 7) is 0.315. The summed E-state index contributed by atoms with van der Waals surface area (Å²) in [5.74, 6) is -1.35. The zero-order valence-corrected chi connectivity index (χ0v) is 16.4. The van der Waals surface area contributed by atoms with Crippen molar-refractivity contribution in [3.63, 3.8) is 0 Å². The molecule has 0 saturated carbocycles. The molecule has 4 rings (SSSR count). The lowest BCUT2D eigenvalue weighted by Gasteiger charge is -2.26. The number of nitrogens with zero attached hydrogens (tertiary/aromatic N) is 1. The summed E-state index contributed by atoms with van der Waals surface area (Å²) >= 11 is 8.81. The monoisotopic (exact) mass is 415 g/mol. The van der Waals surface area contributed by atoms with Crippen molar-refractivity contribution in [3.8, 4) is 0 Å². The maximum Gasteiger partial charge on any atom is 0.290 e. The number of benzene rings is 1. The maximum atomic E-state index is 13.1. The van der Waals surface area contributed by atoms with Gasteiger partial charge in [-0.25, -0.2) is 0 Å². The van der Waals surface area contributed by atoms with E-state index < -0.39 is 17.7 Å². The smallest absolute Gasteiger partial charge is 0.290 e. The van der Waals surface area contributed by atoms with Gasteiger partial charge in [0, 0.05) is 9.90 Å². The summed E-state index contributed by atoms with van der Waals surface area (Å²) < 4.78 is 0. The molecule has 0 fully saturated rings. The standard InChI is InChI=1S/C20H14ClNO3S2/c21-13-7-5-12(6-8-13)17-16(18(23)15-4-2-10-27-15)19(24)20(25)22(17)11-14-3-1-9-26-14/h1-10,17,24H,11H2. The molecule has 1 unspecified atom stereocenters. The van der Waals surface area contributed by atoms with Gasteiger partial charge >= 0.3 is 0 Å². The summed E-state index contributed by atoms with van der Waals surface area (Å²) in [4.78, 5) is 28.9. The minimum atomic E-state index is -0.661. The van der Waals surface area contributed by atoms with Gasteiger partial charge in [-0.1, -0.05) is 35.9 Å². The van der Waals surface area contributed by atoms with Crippen LogP contribution in [0.4, 0.5) is 0 Å². The predicted molar refractivity (Wildman–Crippen MR) is 107 cm³/mol. The number of hydrogen-bond acceptors (Lipinski definition) is 5. The number of halogens is 1. The first kappa shape index (κ1) is 18.0. The average Bonchev–Trinajstić information content (AvgIpc) is 3.41. The number of rotatable bonds is 5. The number of aliphatic hydroxyl groups excluding tert-OH is 1. The largest absolute Gasteiger partial charge is 0.503 e. The average molecular weight is 416 g/mol. The first-order valence-electron chi connectivity index (χ1n) is 8.16. The molecule has 0 bridgehead atoms. The van der Waals surface area contributed by atoms with Crippen LogP contribution in [-0.4, -0.2) is 21.7 Å². The highest BCUT2D eigenvalue weighted by Gasteiger charge is 2.44. The first-order valence-corrected chi connectivity index (χ1v) is 10.3. The van der Waals surface area contributed by atoms with Gasteiger partial charge in [0.15, 0.2) is 5.76 Å². The summed E-state index contributed by atoms with van der Waals surface area (Å²) in [5, 5.41) is 14.8. The van der Waals surface area contributed by atoms with Crippen molar-refractivity contribution in [3.05, 3.63) is 91.0 Å². The van der Waals surface area contributed by atoms with E-state index in [1.807, 2.05) is 17.5 Å². The lowest BCUT2D eigenvalue weighted by atomic mass is 9.95. The van der Waals surface area contributed by atoms with Gasteiger partial charge in [-0.3, -0.25) is 9.59 Å². The molecule has 1 aliphatic rings. The highest BCUT2D eigenvalue weighted by atomic mass is 35.5. The highest BCUT2D eigenvalue weighted by Crippen LogP contribution is 2.40. The molecular formula is C20H14ClNO3S2. The fraction of sp³-hybridized carbons (Fsp3) is 0.100. The lowest BCUT2D eigenvalue weighted by Crippen LogP contribution is -2.30. The Balaban J connectivity index is 1.80. The van der Waals surface area contributed by atoms with Gasteiger partial charge in [0.2, 0.25) is 5.78 Å². The summed E-state index contributed by atoms with van der Waals surface area (Å²) in [7, 11) is 0. The van der Waals surface area contributed by atoms with Crippen LogP contribution in [-0.2, 0) is 11.3 Å². The molecule has 0 radical (unpaired) electrons. The molecule has 136 valence electrons. The molecule has 1 amide bonds. The Morgan fingerprint density at radius 1 is 1.07 bits per heavy atom. The number of thiophene rings is 2. The van der Waals surface area contributed by atoms with Crippen LogP contribution in [0.1, 0.15) is 26.2 Å². The van der Waals surface area contributed by atoms with Crippen LogP contribution in [0.25, 0.3) is 0 Å². The molecule has 1 aliphatic heterocycles. The SMILES string of the molecule is O=C(C1=C(O)C(=O)N(Cc2cccs2)C1c1ccc(Cl)cc1)c1cccs1. The number of hydrogen-bond donors (Lipinski definition) is 1. The van der Waals surface area contributed by atoms with Crippen LogP contribution in [0.2, 0.25) is 5.02 Å². The van der Waals surface area contributed by atoms with Crippen molar-refractivity contribution < 1.29 is 14.7 Å². The Kier molecular flexibility index (Phi) is 4.86. The molecule has 27 heavy (non-hydrogen) atoms. The third kappa shape index (κ3) is 3.32. The summed E-state index contributed by atoms with van der Waals surface area (Å²) in [6.07, 6.45) is 0. The summed E-state index contributed by atoms with van der Waals surface area (Å²) in [5.41, 5.74) is 0.842. The van der Waals surface area contributed by atoms with Crippen LogP contribution in [0.3, 0.4) is 0 Å². The van der Waals surface area contributed by atoms with Gasteiger partial charge in [-0.15, -0.1) is 22.7 Å². The highest BCUT2D eigenvalue weighted by molar-refractivity contribution is 7.12. The minimum Gasteiger partial charge on any atom is -0.503 e. The molecule has 2 aromatic heterocycles. The molecule has 4 nitrogen and oxygen atoms in total. The molecule has 1 N–H and O–H groups in total. The Hall–Kier alpha value is -2.41. The van der Waals surface area contributed by atoms with Gasteiger partial charge in [-0.2, -0.15) is 0 Å².